The summed E-state index contributed by atoms with van der Waals surface area (Å²) in [7, 11) is 0. The average Bonchev–Trinajstić information content (AvgIpc) is 3.22. The number of hydrogen-bond acceptors (Lipinski definition) is 2. The lowest BCUT2D eigenvalue weighted by molar-refractivity contribution is 0.659. The Labute approximate surface area is 147 Å². The molecule has 3 heteroatoms. The Morgan fingerprint density at radius 1 is 0.960 bits per heavy atom. The Balaban J connectivity index is 1.76. The van der Waals surface area contributed by atoms with Gasteiger partial charge in [0.1, 0.15) is 5.69 Å². The molecule has 0 amide bonds. The van der Waals surface area contributed by atoms with E-state index in [0.717, 1.165) is 24.2 Å². The Bertz CT molecular complexity index is 1090. The molecule has 4 aromatic rings. The van der Waals surface area contributed by atoms with Crippen molar-refractivity contribution in [3.63, 3.8) is 0 Å². The van der Waals surface area contributed by atoms with Gasteiger partial charge in [-0.2, -0.15) is 5.10 Å². The lowest BCUT2D eigenvalue weighted by Crippen LogP contribution is -1.94. The quantitative estimate of drug-likeness (QED) is 0.518. The third-order valence-corrected chi connectivity index (χ3v) is 5.02. The van der Waals surface area contributed by atoms with Crippen LogP contribution in [0.15, 0.2) is 60.8 Å². The van der Waals surface area contributed by atoms with Gasteiger partial charge >= 0.3 is 0 Å². The molecule has 0 aliphatic carbocycles. The van der Waals surface area contributed by atoms with E-state index in [0.29, 0.717) is 0 Å². The maximum atomic E-state index is 4.96. The first-order valence-corrected chi connectivity index (χ1v) is 8.81. The molecule has 1 aliphatic rings. The van der Waals surface area contributed by atoms with E-state index in [4.69, 9.17) is 5.10 Å². The van der Waals surface area contributed by atoms with Crippen LogP contribution in [0.1, 0.15) is 17.7 Å². The van der Waals surface area contributed by atoms with E-state index in [1.807, 2.05) is 12.3 Å². The molecule has 0 bridgehead atoms. The van der Waals surface area contributed by atoms with Crippen LogP contribution in [-0.2, 0) is 13.0 Å². The number of hydrogen-bond donors (Lipinski definition) is 0. The first-order chi connectivity index (χ1) is 12.3. The molecule has 0 saturated heterocycles. The summed E-state index contributed by atoms with van der Waals surface area (Å²) in [5.41, 5.74) is 8.48. The van der Waals surface area contributed by atoms with Crippen LogP contribution in [-0.4, -0.2) is 14.8 Å². The van der Waals surface area contributed by atoms with Gasteiger partial charge in [0.25, 0.3) is 0 Å². The Morgan fingerprint density at radius 2 is 1.92 bits per heavy atom. The van der Waals surface area contributed by atoms with Crippen molar-refractivity contribution in [3.8, 4) is 22.4 Å². The Kier molecular flexibility index (Phi) is 3.20. The predicted molar refractivity (Wildman–Crippen MR) is 101 cm³/mol. The van der Waals surface area contributed by atoms with Gasteiger partial charge in [0.15, 0.2) is 0 Å². The molecule has 2 aromatic carbocycles. The monoisotopic (exact) mass is 325 g/mol. The zero-order chi connectivity index (χ0) is 16.8. The number of aryl methyl sites for hydroxylation is 2. The topological polar surface area (TPSA) is 30.7 Å². The summed E-state index contributed by atoms with van der Waals surface area (Å²) < 4.78 is 2.19. The van der Waals surface area contributed by atoms with Gasteiger partial charge in [-0.25, -0.2) is 0 Å². The zero-order valence-electron chi connectivity index (χ0n) is 14.2. The predicted octanol–water partition coefficient (Wildman–Crippen LogP) is 5.02. The van der Waals surface area contributed by atoms with Crippen LogP contribution in [0.5, 0.6) is 0 Å². The maximum absolute atomic E-state index is 4.96. The van der Waals surface area contributed by atoms with Crippen LogP contribution >= 0.6 is 0 Å². The van der Waals surface area contributed by atoms with Gasteiger partial charge in [0.05, 0.1) is 5.52 Å². The fourth-order valence-corrected chi connectivity index (χ4v) is 3.86. The molecule has 2 aromatic heterocycles. The molecule has 1 aliphatic heterocycles. The highest BCUT2D eigenvalue weighted by Gasteiger charge is 2.23. The summed E-state index contributed by atoms with van der Waals surface area (Å²) in [6.45, 7) is 3.15. The lowest BCUT2D eigenvalue weighted by Gasteiger charge is -2.08. The molecular weight excluding hydrogens is 306 g/mol. The van der Waals surface area contributed by atoms with Crippen LogP contribution in [0, 0.1) is 6.92 Å². The third kappa shape index (κ3) is 2.35. The summed E-state index contributed by atoms with van der Waals surface area (Å²) in [4.78, 5) is 4.45. The van der Waals surface area contributed by atoms with E-state index in [-0.39, 0.29) is 0 Å². The van der Waals surface area contributed by atoms with Crippen molar-refractivity contribution in [3.05, 3.63) is 72.1 Å². The van der Waals surface area contributed by atoms with Crippen molar-refractivity contribution < 1.29 is 0 Å². The molecule has 122 valence electrons. The number of rotatable bonds is 2. The first kappa shape index (κ1) is 14.4. The fourth-order valence-electron chi connectivity index (χ4n) is 3.86. The van der Waals surface area contributed by atoms with E-state index in [2.05, 4.69) is 65.1 Å². The van der Waals surface area contributed by atoms with E-state index in [1.165, 1.54) is 39.8 Å². The molecule has 0 saturated carbocycles. The van der Waals surface area contributed by atoms with Gasteiger partial charge in [-0.05, 0) is 49.6 Å². The molecule has 0 unspecified atom stereocenters. The number of aromatic nitrogens is 3. The number of fused-ring (bicyclic) bond motifs is 2. The second-order valence-corrected chi connectivity index (χ2v) is 6.78. The first-order valence-electron chi connectivity index (χ1n) is 8.81. The summed E-state index contributed by atoms with van der Waals surface area (Å²) in [6.07, 6.45) is 4.12. The van der Waals surface area contributed by atoms with Gasteiger partial charge in [0, 0.05) is 34.9 Å². The normalized spacial score (nSPS) is 13.3. The van der Waals surface area contributed by atoms with Crippen LogP contribution in [0.3, 0.4) is 0 Å². The molecule has 3 nitrogen and oxygen atoms in total. The molecule has 0 spiro atoms. The van der Waals surface area contributed by atoms with E-state index >= 15 is 0 Å². The minimum absolute atomic E-state index is 1.02. The minimum atomic E-state index is 1.02. The third-order valence-electron chi connectivity index (χ3n) is 5.02. The Morgan fingerprint density at radius 3 is 2.84 bits per heavy atom. The summed E-state index contributed by atoms with van der Waals surface area (Å²) in [6, 6.07) is 19.3. The maximum Gasteiger partial charge on any atom is 0.100 e. The van der Waals surface area contributed by atoms with Crippen molar-refractivity contribution in [2.24, 2.45) is 0 Å². The van der Waals surface area contributed by atoms with Gasteiger partial charge in [-0.1, -0.05) is 35.9 Å². The van der Waals surface area contributed by atoms with Crippen LogP contribution in [0.25, 0.3) is 33.3 Å². The molecule has 0 radical (unpaired) electrons. The zero-order valence-corrected chi connectivity index (χ0v) is 14.2. The van der Waals surface area contributed by atoms with Gasteiger partial charge < -0.3 is 0 Å². The fraction of sp³-hybridized carbons (Fsp3) is 0.182. The summed E-state index contributed by atoms with van der Waals surface area (Å²) in [5.74, 6) is 0. The molecule has 3 heterocycles. The highest BCUT2D eigenvalue weighted by Crippen LogP contribution is 2.38. The largest absolute Gasteiger partial charge is 0.268 e. The van der Waals surface area contributed by atoms with Gasteiger partial charge in [-0.15, -0.1) is 0 Å². The smallest absolute Gasteiger partial charge is 0.100 e. The van der Waals surface area contributed by atoms with Crippen molar-refractivity contribution in [1.29, 1.82) is 0 Å². The number of pyridine rings is 1. The molecule has 0 N–H and O–H groups in total. The number of benzene rings is 2. The highest BCUT2D eigenvalue weighted by molar-refractivity contribution is 5.89. The SMILES string of the molecule is Cc1cccc(-c2nn3c(c2-c2ccc4ncccc4c2)CCC3)c1. The molecule has 0 atom stereocenters. The van der Waals surface area contributed by atoms with Gasteiger partial charge in [0.2, 0.25) is 0 Å². The van der Waals surface area contributed by atoms with Crippen molar-refractivity contribution in [1.82, 2.24) is 14.8 Å². The van der Waals surface area contributed by atoms with Crippen LogP contribution in [0.4, 0.5) is 0 Å². The highest BCUT2D eigenvalue weighted by atomic mass is 15.3. The van der Waals surface area contributed by atoms with Crippen molar-refractivity contribution in [2.45, 2.75) is 26.3 Å². The van der Waals surface area contributed by atoms with E-state index in [9.17, 15) is 0 Å². The summed E-state index contributed by atoms with van der Waals surface area (Å²) >= 11 is 0. The Hall–Kier alpha value is -2.94. The molecule has 5 rings (SSSR count). The molecule has 25 heavy (non-hydrogen) atoms. The van der Waals surface area contributed by atoms with Crippen molar-refractivity contribution in [2.75, 3.05) is 0 Å². The second kappa shape index (κ2) is 5.55. The molecular formula is C22H19N3. The van der Waals surface area contributed by atoms with Crippen LogP contribution in [0.2, 0.25) is 0 Å². The number of nitrogens with zero attached hydrogens (tertiary/aromatic N) is 3. The van der Waals surface area contributed by atoms with E-state index in [1.54, 1.807) is 0 Å². The van der Waals surface area contributed by atoms with Gasteiger partial charge in [-0.3, -0.25) is 9.67 Å². The summed E-state index contributed by atoms with van der Waals surface area (Å²) in [5, 5.41) is 6.13. The lowest BCUT2D eigenvalue weighted by atomic mass is 9.96. The molecule has 0 fully saturated rings. The van der Waals surface area contributed by atoms with Crippen LogP contribution < -0.4 is 0 Å². The average molecular weight is 325 g/mol. The van der Waals surface area contributed by atoms with E-state index < -0.39 is 0 Å². The standard InChI is InChI=1S/C22H19N3/c1-15-5-2-6-18(13-15)22-21(20-8-4-12-25(20)24-22)17-9-10-19-16(14-17)7-3-11-23-19/h2-3,5-7,9-11,13-14H,4,8,12H2,1H3. The van der Waals surface area contributed by atoms with Crippen molar-refractivity contribution >= 4 is 10.9 Å². The second-order valence-electron chi connectivity index (χ2n) is 6.78. The minimum Gasteiger partial charge on any atom is -0.268 e.